The van der Waals surface area contributed by atoms with Crippen LogP contribution in [0.3, 0.4) is 0 Å². The van der Waals surface area contributed by atoms with Crippen molar-refractivity contribution in [2.24, 2.45) is 5.73 Å². The number of hydrogen-bond donors (Lipinski definition) is 1. The topological polar surface area (TPSA) is 56.0 Å². The molecule has 1 amide bonds. The van der Waals surface area contributed by atoms with Crippen molar-refractivity contribution in [2.45, 2.75) is 12.8 Å². The first kappa shape index (κ1) is 16.8. The number of amides is 1. The molecule has 0 aliphatic heterocycles. The van der Waals surface area contributed by atoms with Crippen LogP contribution in [0.5, 0.6) is 0 Å². The maximum atomic E-state index is 13.6. The van der Waals surface area contributed by atoms with Crippen LogP contribution in [0.2, 0.25) is 0 Å². The fourth-order valence-corrected chi connectivity index (χ4v) is 2.83. The minimum atomic E-state index is -0.921. The van der Waals surface area contributed by atoms with E-state index in [0.717, 1.165) is 23.3 Å². The number of nitrogens with two attached hydrogens (primary N) is 1. The Morgan fingerprint density at radius 3 is 2.32 bits per heavy atom. The Morgan fingerprint density at radius 2 is 1.68 bits per heavy atom. The van der Waals surface area contributed by atoms with Gasteiger partial charge in [0, 0.05) is 23.9 Å². The van der Waals surface area contributed by atoms with Crippen LogP contribution in [0, 0.1) is 11.6 Å². The average Bonchev–Trinajstić information content (AvgIpc) is 2.63. The molecule has 1 heterocycles. The first-order chi connectivity index (χ1) is 12.0. The predicted molar refractivity (Wildman–Crippen MR) is 92.1 cm³/mol. The molecule has 25 heavy (non-hydrogen) atoms. The van der Waals surface area contributed by atoms with Crippen molar-refractivity contribution in [3.8, 4) is 11.1 Å². The molecule has 1 atom stereocenters. The van der Waals surface area contributed by atoms with Crippen LogP contribution in [-0.2, 0) is 0 Å². The van der Waals surface area contributed by atoms with Crippen LogP contribution < -0.4 is 5.73 Å². The molecule has 3 aromatic rings. The first-order valence-electron chi connectivity index (χ1n) is 7.76. The van der Waals surface area contributed by atoms with Crippen LogP contribution in [0.4, 0.5) is 8.78 Å². The van der Waals surface area contributed by atoms with Crippen molar-refractivity contribution in [2.75, 3.05) is 0 Å². The fraction of sp³-hybridized carbons (Fsp3) is 0.100. The van der Waals surface area contributed by atoms with E-state index in [0.29, 0.717) is 16.7 Å². The number of halogens is 2. The second-order valence-corrected chi connectivity index (χ2v) is 5.80. The Hall–Kier alpha value is -3.08. The summed E-state index contributed by atoms with van der Waals surface area (Å²) in [5, 5.41) is 0. The number of carbonyl (C=O) groups excluding carboxylic acids is 1. The van der Waals surface area contributed by atoms with Gasteiger partial charge >= 0.3 is 0 Å². The van der Waals surface area contributed by atoms with Gasteiger partial charge in [0.05, 0.1) is 0 Å². The highest BCUT2D eigenvalue weighted by Crippen LogP contribution is 2.31. The lowest BCUT2D eigenvalue weighted by atomic mass is 9.87. The van der Waals surface area contributed by atoms with Gasteiger partial charge in [-0.05, 0) is 58.7 Å². The smallest absolute Gasteiger partial charge is 0.248 e. The highest BCUT2D eigenvalue weighted by atomic mass is 19.2. The molecule has 0 fully saturated rings. The van der Waals surface area contributed by atoms with Crippen molar-refractivity contribution < 1.29 is 13.6 Å². The Morgan fingerprint density at radius 1 is 0.960 bits per heavy atom. The number of nitrogens with zero attached hydrogens (tertiary/aromatic N) is 1. The molecule has 2 N–H and O–H groups in total. The lowest BCUT2D eigenvalue weighted by molar-refractivity contribution is 0.0999. The van der Waals surface area contributed by atoms with E-state index in [1.165, 1.54) is 6.07 Å². The highest BCUT2D eigenvalue weighted by Gasteiger charge is 2.18. The SMILES string of the molecule is C[C@@H](c1ccc(F)c(F)c1)c1cc(-c2ccncc2)ccc1C(N)=O. The van der Waals surface area contributed by atoms with Crippen LogP contribution >= 0.6 is 0 Å². The molecule has 1 aromatic heterocycles. The molecular weight excluding hydrogens is 322 g/mol. The Bertz CT molecular complexity index is 926. The van der Waals surface area contributed by atoms with Gasteiger partial charge in [-0.3, -0.25) is 9.78 Å². The molecule has 0 spiro atoms. The van der Waals surface area contributed by atoms with Crippen molar-refractivity contribution in [3.63, 3.8) is 0 Å². The van der Waals surface area contributed by atoms with Gasteiger partial charge in [-0.15, -0.1) is 0 Å². The fourth-order valence-electron chi connectivity index (χ4n) is 2.83. The molecule has 0 radical (unpaired) electrons. The molecule has 0 aliphatic rings. The highest BCUT2D eigenvalue weighted by molar-refractivity contribution is 5.95. The van der Waals surface area contributed by atoms with Gasteiger partial charge in [0.15, 0.2) is 11.6 Å². The van der Waals surface area contributed by atoms with Gasteiger partial charge in [-0.25, -0.2) is 8.78 Å². The minimum absolute atomic E-state index is 0.334. The molecule has 0 bridgehead atoms. The van der Waals surface area contributed by atoms with Crippen LogP contribution in [0.15, 0.2) is 60.9 Å². The second kappa shape index (κ2) is 6.81. The maximum Gasteiger partial charge on any atom is 0.248 e. The monoisotopic (exact) mass is 338 g/mol. The van der Waals surface area contributed by atoms with E-state index in [1.807, 2.05) is 25.1 Å². The summed E-state index contributed by atoms with van der Waals surface area (Å²) < 4.78 is 26.8. The van der Waals surface area contributed by atoms with Gasteiger partial charge in [0.2, 0.25) is 5.91 Å². The van der Waals surface area contributed by atoms with Crippen LogP contribution in [-0.4, -0.2) is 10.9 Å². The van der Waals surface area contributed by atoms with Crippen molar-refractivity contribution in [3.05, 3.63) is 89.2 Å². The number of hydrogen-bond acceptors (Lipinski definition) is 2. The Labute approximate surface area is 144 Å². The summed E-state index contributed by atoms with van der Waals surface area (Å²) in [6, 6.07) is 12.7. The maximum absolute atomic E-state index is 13.6. The van der Waals surface area contributed by atoms with Gasteiger partial charge in [-0.2, -0.15) is 0 Å². The van der Waals surface area contributed by atoms with E-state index in [1.54, 1.807) is 24.5 Å². The number of rotatable bonds is 4. The average molecular weight is 338 g/mol. The van der Waals surface area contributed by atoms with E-state index < -0.39 is 17.5 Å². The van der Waals surface area contributed by atoms with E-state index in [-0.39, 0.29) is 5.92 Å². The molecular formula is C20H16F2N2O. The van der Waals surface area contributed by atoms with Crippen molar-refractivity contribution in [1.82, 2.24) is 4.98 Å². The van der Waals surface area contributed by atoms with Gasteiger partial charge in [-0.1, -0.05) is 19.1 Å². The van der Waals surface area contributed by atoms with Crippen LogP contribution in [0.1, 0.15) is 34.3 Å². The van der Waals surface area contributed by atoms with Crippen molar-refractivity contribution >= 4 is 5.91 Å². The number of carbonyl (C=O) groups is 1. The molecule has 126 valence electrons. The number of primary amides is 1. The summed E-state index contributed by atoms with van der Waals surface area (Å²) in [5.74, 6) is -2.73. The minimum Gasteiger partial charge on any atom is -0.366 e. The number of pyridine rings is 1. The number of benzene rings is 2. The van der Waals surface area contributed by atoms with E-state index >= 15 is 0 Å². The van der Waals surface area contributed by atoms with Gasteiger partial charge < -0.3 is 5.73 Å². The zero-order chi connectivity index (χ0) is 18.0. The summed E-state index contributed by atoms with van der Waals surface area (Å²) >= 11 is 0. The van der Waals surface area contributed by atoms with Gasteiger partial charge in [0.25, 0.3) is 0 Å². The summed E-state index contributed by atoms with van der Waals surface area (Å²) in [7, 11) is 0. The quantitative estimate of drug-likeness (QED) is 0.772. The number of aromatic nitrogens is 1. The second-order valence-electron chi connectivity index (χ2n) is 5.80. The summed E-state index contributed by atoms with van der Waals surface area (Å²) in [4.78, 5) is 15.8. The molecule has 0 saturated heterocycles. The third-order valence-electron chi connectivity index (χ3n) is 4.24. The van der Waals surface area contributed by atoms with Crippen molar-refractivity contribution in [1.29, 1.82) is 0 Å². The van der Waals surface area contributed by atoms with E-state index in [9.17, 15) is 13.6 Å². The zero-order valence-electron chi connectivity index (χ0n) is 13.5. The summed E-state index contributed by atoms with van der Waals surface area (Å²) in [5.41, 5.74) is 8.89. The molecule has 3 rings (SSSR count). The molecule has 0 unspecified atom stereocenters. The summed E-state index contributed by atoms with van der Waals surface area (Å²) in [6.45, 7) is 1.82. The lowest BCUT2D eigenvalue weighted by Gasteiger charge is -2.17. The Kier molecular flexibility index (Phi) is 4.57. The molecule has 0 saturated carbocycles. The van der Waals surface area contributed by atoms with Crippen LogP contribution in [0.25, 0.3) is 11.1 Å². The Balaban J connectivity index is 2.11. The largest absolute Gasteiger partial charge is 0.366 e. The zero-order valence-corrected chi connectivity index (χ0v) is 13.5. The van der Waals surface area contributed by atoms with E-state index in [2.05, 4.69) is 4.98 Å². The first-order valence-corrected chi connectivity index (χ1v) is 7.76. The summed E-state index contributed by atoms with van der Waals surface area (Å²) in [6.07, 6.45) is 3.35. The molecule has 2 aromatic carbocycles. The third-order valence-corrected chi connectivity index (χ3v) is 4.24. The molecule has 5 heteroatoms. The molecule has 0 aliphatic carbocycles. The molecule has 3 nitrogen and oxygen atoms in total. The third kappa shape index (κ3) is 3.40. The van der Waals surface area contributed by atoms with Gasteiger partial charge in [0.1, 0.15) is 0 Å². The standard InChI is InChI=1S/C20H16F2N2O/c1-12(14-3-5-18(21)19(22)11-14)17-10-15(2-4-16(17)20(23)25)13-6-8-24-9-7-13/h2-12H,1H3,(H2,23,25)/t12-/m0/s1. The lowest BCUT2D eigenvalue weighted by Crippen LogP contribution is -2.15. The predicted octanol–water partition coefficient (Wildman–Crippen LogP) is 4.28. The normalized spacial score (nSPS) is 12.0. The van der Waals surface area contributed by atoms with E-state index in [4.69, 9.17) is 5.73 Å².